The lowest BCUT2D eigenvalue weighted by Crippen LogP contribution is -2.48. The van der Waals surface area contributed by atoms with Crippen molar-refractivity contribution < 1.29 is 43.2 Å². The van der Waals surface area contributed by atoms with Gasteiger partial charge in [-0.3, -0.25) is 4.79 Å². The Morgan fingerprint density at radius 1 is 0.757 bits per heavy atom. The number of methoxy groups -OCH3 is 2. The molecule has 2 atom stereocenters. The number of hydrogen-bond acceptors (Lipinski definition) is 8. The molecule has 2 N–H and O–H groups in total. The molecule has 37 heavy (non-hydrogen) atoms. The number of amides is 1. The zero-order chi connectivity index (χ0) is 26.9. The molecule has 0 saturated carbocycles. The molecule has 0 aliphatic rings. The second-order valence-electron chi connectivity index (χ2n) is 7.45. The quantitative estimate of drug-likeness (QED) is 0.346. The fraction of sp³-hybridized carbons (Fsp3) is 0.154. The number of anilines is 1. The summed E-state index contributed by atoms with van der Waals surface area (Å²) < 4.78 is 21.3. The van der Waals surface area contributed by atoms with Gasteiger partial charge >= 0.3 is 17.9 Å². The van der Waals surface area contributed by atoms with Crippen molar-refractivity contribution in [2.24, 2.45) is 0 Å². The van der Waals surface area contributed by atoms with E-state index in [0.717, 1.165) is 4.47 Å². The summed E-state index contributed by atoms with van der Waals surface area (Å²) in [4.78, 5) is 50.9. The van der Waals surface area contributed by atoms with Crippen LogP contribution >= 0.6 is 15.9 Å². The first-order valence-corrected chi connectivity index (χ1v) is 11.5. The number of hydrogen-bond donors (Lipinski definition) is 2. The Morgan fingerprint density at radius 2 is 1.24 bits per heavy atom. The monoisotopic (exact) mass is 571 g/mol. The summed E-state index contributed by atoms with van der Waals surface area (Å²) in [6, 6.07) is 18.0. The Bertz CT molecular complexity index is 1290. The average Bonchev–Trinajstić information content (AvgIpc) is 2.91. The molecule has 0 fully saturated rings. The molecule has 0 aliphatic carbocycles. The lowest BCUT2D eigenvalue weighted by molar-refractivity contribution is -0.157. The summed E-state index contributed by atoms with van der Waals surface area (Å²) in [6.07, 6.45) is -4.22. The topological polar surface area (TPSA) is 137 Å². The highest BCUT2D eigenvalue weighted by molar-refractivity contribution is 9.10. The van der Waals surface area contributed by atoms with Crippen molar-refractivity contribution in [2.75, 3.05) is 19.5 Å². The molecule has 0 bridgehead atoms. The van der Waals surface area contributed by atoms with Gasteiger partial charge < -0.3 is 29.4 Å². The molecule has 3 aromatic rings. The van der Waals surface area contributed by atoms with Gasteiger partial charge in [0.15, 0.2) is 0 Å². The third-order valence-corrected chi connectivity index (χ3v) is 5.50. The summed E-state index contributed by atoms with van der Waals surface area (Å²) in [5, 5.41) is 12.3. The van der Waals surface area contributed by atoms with Crippen molar-refractivity contribution >= 4 is 45.4 Å². The van der Waals surface area contributed by atoms with Gasteiger partial charge in [-0.1, -0.05) is 28.1 Å². The van der Waals surface area contributed by atoms with E-state index in [-0.39, 0.29) is 11.1 Å². The van der Waals surface area contributed by atoms with Gasteiger partial charge in [0.05, 0.1) is 25.3 Å². The first-order valence-electron chi connectivity index (χ1n) is 10.7. The molecule has 3 aromatic carbocycles. The maximum atomic E-state index is 13.2. The Labute approximate surface area is 220 Å². The number of carboxylic acid groups (broad SMARTS) is 1. The van der Waals surface area contributed by atoms with Gasteiger partial charge in [-0.2, -0.15) is 0 Å². The van der Waals surface area contributed by atoms with Gasteiger partial charge in [-0.05, 0) is 60.7 Å². The third kappa shape index (κ3) is 7.31. The van der Waals surface area contributed by atoms with Crippen LogP contribution in [-0.2, 0) is 19.1 Å². The molecule has 11 heteroatoms. The third-order valence-electron chi connectivity index (χ3n) is 4.97. The lowest BCUT2D eigenvalue weighted by Gasteiger charge is -2.23. The number of nitrogens with one attached hydrogen (secondary N) is 1. The van der Waals surface area contributed by atoms with Gasteiger partial charge in [0.1, 0.15) is 11.5 Å². The number of carbonyl (C=O) groups is 4. The fourth-order valence-corrected chi connectivity index (χ4v) is 3.37. The van der Waals surface area contributed by atoms with Crippen LogP contribution in [0.25, 0.3) is 0 Å². The van der Waals surface area contributed by atoms with E-state index in [1.165, 1.54) is 50.6 Å². The molecule has 0 radical (unpaired) electrons. The van der Waals surface area contributed by atoms with E-state index in [0.29, 0.717) is 17.2 Å². The largest absolute Gasteiger partial charge is 0.497 e. The van der Waals surface area contributed by atoms with E-state index in [1.807, 2.05) is 0 Å². The van der Waals surface area contributed by atoms with E-state index < -0.39 is 36.0 Å². The van der Waals surface area contributed by atoms with Crippen LogP contribution in [0, 0.1) is 0 Å². The zero-order valence-corrected chi connectivity index (χ0v) is 21.3. The number of aliphatic carboxylic acids is 1. The second kappa shape index (κ2) is 12.5. The molecular formula is C26H22BrNO9. The van der Waals surface area contributed by atoms with Crippen LogP contribution in [0.5, 0.6) is 11.5 Å². The van der Waals surface area contributed by atoms with Gasteiger partial charge in [0.25, 0.3) is 5.91 Å². The lowest BCUT2D eigenvalue weighted by atomic mass is 10.1. The van der Waals surface area contributed by atoms with Crippen molar-refractivity contribution in [2.45, 2.75) is 12.2 Å². The molecule has 0 saturated heterocycles. The highest BCUT2D eigenvalue weighted by Crippen LogP contribution is 2.20. The Morgan fingerprint density at radius 3 is 1.70 bits per heavy atom. The van der Waals surface area contributed by atoms with Gasteiger partial charge in [-0.15, -0.1) is 0 Å². The average molecular weight is 572 g/mol. The van der Waals surface area contributed by atoms with Crippen molar-refractivity contribution in [3.05, 3.63) is 88.4 Å². The first kappa shape index (κ1) is 27.2. The normalized spacial score (nSPS) is 12.0. The SMILES string of the molecule is COc1cccc(C(=O)O[C@H](C(=O)Nc2ccc(Br)cc2)[C@@H](OC(=O)c2cccc(OC)c2)C(=O)O)c1. The Hall–Kier alpha value is -4.38. The summed E-state index contributed by atoms with van der Waals surface area (Å²) in [5.74, 6) is -4.15. The Kier molecular flexibility index (Phi) is 9.22. The maximum absolute atomic E-state index is 13.2. The van der Waals surface area contributed by atoms with E-state index in [9.17, 15) is 24.3 Å². The minimum Gasteiger partial charge on any atom is -0.497 e. The number of carboxylic acids is 1. The number of benzene rings is 3. The number of halogens is 1. The van der Waals surface area contributed by atoms with Gasteiger partial charge in [0, 0.05) is 10.2 Å². The molecule has 0 spiro atoms. The molecule has 10 nitrogen and oxygen atoms in total. The molecule has 1 amide bonds. The minimum atomic E-state index is -2.18. The summed E-state index contributed by atoms with van der Waals surface area (Å²) in [5.41, 5.74) is 0.250. The summed E-state index contributed by atoms with van der Waals surface area (Å²) in [6.45, 7) is 0. The minimum absolute atomic E-state index is 0.0101. The molecule has 0 heterocycles. The van der Waals surface area contributed by atoms with Crippen molar-refractivity contribution in [1.82, 2.24) is 0 Å². The zero-order valence-electron chi connectivity index (χ0n) is 19.7. The van der Waals surface area contributed by atoms with Crippen LogP contribution in [0.15, 0.2) is 77.3 Å². The van der Waals surface area contributed by atoms with E-state index in [2.05, 4.69) is 21.2 Å². The number of carbonyl (C=O) groups excluding carboxylic acids is 3. The van der Waals surface area contributed by atoms with Crippen LogP contribution in [0.3, 0.4) is 0 Å². The molecule has 0 aliphatic heterocycles. The highest BCUT2D eigenvalue weighted by Gasteiger charge is 2.41. The smallest absolute Gasteiger partial charge is 0.349 e. The molecular weight excluding hydrogens is 550 g/mol. The molecule has 192 valence electrons. The Balaban J connectivity index is 1.92. The van der Waals surface area contributed by atoms with Crippen LogP contribution in [0.1, 0.15) is 20.7 Å². The summed E-state index contributed by atoms with van der Waals surface area (Å²) >= 11 is 3.28. The van der Waals surface area contributed by atoms with Crippen molar-refractivity contribution in [1.29, 1.82) is 0 Å². The van der Waals surface area contributed by atoms with E-state index in [4.69, 9.17) is 18.9 Å². The van der Waals surface area contributed by atoms with E-state index in [1.54, 1.807) is 36.4 Å². The van der Waals surface area contributed by atoms with Gasteiger partial charge in [-0.25, -0.2) is 14.4 Å². The summed E-state index contributed by atoms with van der Waals surface area (Å²) in [7, 11) is 2.79. The molecule has 3 rings (SSSR count). The first-order chi connectivity index (χ1) is 17.7. The number of ether oxygens (including phenoxy) is 4. The highest BCUT2D eigenvalue weighted by atomic mass is 79.9. The number of rotatable bonds is 10. The van der Waals surface area contributed by atoms with Crippen molar-refractivity contribution in [3.63, 3.8) is 0 Å². The number of esters is 2. The fourth-order valence-electron chi connectivity index (χ4n) is 3.11. The van der Waals surface area contributed by atoms with Gasteiger partial charge in [0.2, 0.25) is 12.2 Å². The predicted molar refractivity (Wildman–Crippen MR) is 135 cm³/mol. The van der Waals surface area contributed by atoms with Crippen molar-refractivity contribution in [3.8, 4) is 11.5 Å². The van der Waals surface area contributed by atoms with Crippen LogP contribution in [-0.4, -0.2) is 55.3 Å². The maximum Gasteiger partial charge on any atom is 0.349 e. The molecule has 0 unspecified atom stereocenters. The molecule has 0 aromatic heterocycles. The van der Waals surface area contributed by atoms with Crippen LogP contribution in [0.2, 0.25) is 0 Å². The second-order valence-corrected chi connectivity index (χ2v) is 8.37. The standard InChI is InChI=1S/C26H22BrNO9/c1-34-19-7-3-5-15(13-19)25(32)36-21(23(29)28-18-11-9-17(27)10-12-18)22(24(30)31)37-26(33)16-6-4-8-20(14-16)35-2/h3-14,21-22H,1-2H3,(H,28,29)(H,30,31)/t21-,22+/m0/s1. The predicted octanol–water partition coefficient (Wildman–Crippen LogP) is 3.94. The van der Waals surface area contributed by atoms with E-state index >= 15 is 0 Å². The van der Waals surface area contributed by atoms with Crippen LogP contribution < -0.4 is 14.8 Å². The van der Waals surface area contributed by atoms with Crippen LogP contribution in [0.4, 0.5) is 5.69 Å².